The summed E-state index contributed by atoms with van der Waals surface area (Å²) >= 11 is 0. The highest BCUT2D eigenvalue weighted by atomic mass is 16.5. The van der Waals surface area contributed by atoms with Crippen molar-refractivity contribution in [3.05, 3.63) is 93.0 Å². The van der Waals surface area contributed by atoms with Crippen LogP contribution in [0.3, 0.4) is 0 Å². The van der Waals surface area contributed by atoms with E-state index >= 15 is 4.79 Å². The van der Waals surface area contributed by atoms with Crippen LogP contribution in [0.2, 0.25) is 0 Å². The van der Waals surface area contributed by atoms with Gasteiger partial charge in [-0.2, -0.15) is 0 Å². The molecule has 0 amide bonds. The first kappa shape index (κ1) is 30.6. The lowest BCUT2D eigenvalue weighted by molar-refractivity contribution is -0.201. The van der Waals surface area contributed by atoms with E-state index in [0.717, 1.165) is 32.1 Å². The lowest BCUT2D eigenvalue weighted by atomic mass is 9.40. The topological polar surface area (TPSA) is 70.3 Å². The van der Waals surface area contributed by atoms with E-state index in [1.54, 1.807) is 28.9 Å². The maximum absolute atomic E-state index is 15.1. The van der Waals surface area contributed by atoms with Crippen molar-refractivity contribution in [1.29, 1.82) is 0 Å². The van der Waals surface area contributed by atoms with Crippen LogP contribution in [0.5, 0.6) is 0 Å². The van der Waals surface area contributed by atoms with E-state index in [4.69, 9.17) is 4.74 Å². The van der Waals surface area contributed by atoms with E-state index in [-0.39, 0.29) is 34.3 Å². The molecular formula is C42H52N2O4. The quantitative estimate of drug-likeness (QED) is 0.190. The number of esters is 1. The third-order valence-corrected chi connectivity index (χ3v) is 14.4. The predicted octanol–water partition coefficient (Wildman–Crippen LogP) is 8.46. The smallest absolute Gasteiger partial charge is 0.338 e. The molecule has 2 aliphatic heterocycles. The van der Waals surface area contributed by atoms with Crippen LogP contribution in [0.1, 0.15) is 111 Å². The Morgan fingerprint density at radius 1 is 0.875 bits per heavy atom. The number of carbonyl (C=O) groups is 1. The fourth-order valence-electron chi connectivity index (χ4n) is 12.1. The zero-order chi connectivity index (χ0) is 34.5. The van der Waals surface area contributed by atoms with Crippen LogP contribution in [0, 0.1) is 40.4 Å². The highest BCUT2D eigenvalue weighted by molar-refractivity contribution is 5.89. The Labute approximate surface area is 286 Å². The van der Waals surface area contributed by atoms with Gasteiger partial charge in [0.25, 0.3) is 11.1 Å². The van der Waals surface area contributed by atoms with Crippen LogP contribution in [-0.2, 0) is 15.8 Å². The first-order valence-corrected chi connectivity index (χ1v) is 18.6. The summed E-state index contributed by atoms with van der Waals surface area (Å²) in [7, 11) is 0. The second-order valence-corrected chi connectivity index (χ2v) is 17.0. The lowest BCUT2D eigenvalue weighted by Gasteiger charge is -2.72. The molecule has 0 N–H and O–H groups in total. The maximum atomic E-state index is 15.1. The summed E-state index contributed by atoms with van der Waals surface area (Å²) in [6.07, 6.45) is 11.1. The van der Waals surface area contributed by atoms with E-state index < -0.39 is 22.6 Å². The van der Waals surface area contributed by atoms with E-state index in [9.17, 15) is 11.0 Å². The molecule has 6 nitrogen and oxygen atoms in total. The van der Waals surface area contributed by atoms with E-state index in [1.807, 2.05) is 35.0 Å². The second-order valence-electron chi connectivity index (χ2n) is 17.0. The van der Waals surface area contributed by atoms with Gasteiger partial charge in [-0.25, -0.2) is 14.2 Å². The summed E-state index contributed by atoms with van der Waals surface area (Å²) in [5, 5.41) is 0.855. The van der Waals surface area contributed by atoms with Gasteiger partial charge in [0, 0.05) is 11.8 Å². The first-order chi connectivity index (χ1) is 23.4. The summed E-state index contributed by atoms with van der Waals surface area (Å²) in [5.41, 5.74) is -2.15. The number of carbonyl (C=O) groups excluding carboxylic acids is 1. The molecule has 2 aromatic carbocycles. The van der Waals surface area contributed by atoms with Crippen molar-refractivity contribution in [2.24, 2.45) is 40.4 Å². The largest absolute Gasteiger partial charge is 0.459 e. The van der Waals surface area contributed by atoms with Crippen molar-refractivity contribution in [2.45, 2.75) is 116 Å². The highest BCUT2D eigenvalue weighted by Gasteiger charge is 2.74. The molecule has 6 aliphatic rings. The number of fused-ring (bicyclic) bond motifs is 2. The van der Waals surface area contributed by atoms with Crippen LogP contribution >= 0.6 is 0 Å². The fraction of sp³-hybridized carbons (Fsp3) is 0.595. The van der Waals surface area contributed by atoms with Gasteiger partial charge in [-0.1, -0.05) is 96.3 Å². The lowest BCUT2D eigenvalue weighted by Crippen LogP contribution is -2.78. The van der Waals surface area contributed by atoms with Crippen molar-refractivity contribution >= 4 is 16.7 Å². The summed E-state index contributed by atoms with van der Waals surface area (Å²) in [5.74, 6) is 1.50. The SMILES string of the molecule is [2H]C1=C[C@@]23C[C@@H](OC(=O)c4ccccc4)CC[C@]2(C)C2CC[C@@]4(C)C(CC[C@@H]4[C@H](C)CCCC(C)C)[C@@]12n1c(=O)c2ccccc2c(=O)n13. The Balaban J connectivity index is 1.30. The van der Waals surface area contributed by atoms with Crippen LogP contribution in [0.4, 0.5) is 0 Å². The zero-order valence-electron chi connectivity index (χ0n) is 30.3. The summed E-state index contributed by atoms with van der Waals surface area (Å²) < 4.78 is 19.9. The molecular weight excluding hydrogens is 596 g/mol. The Kier molecular flexibility index (Phi) is 7.05. The molecule has 1 aromatic heterocycles. The Hall–Kier alpha value is -3.41. The molecule has 2 bridgehead atoms. The number of rotatable bonds is 7. The van der Waals surface area contributed by atoms with Crippen molar-refractivity contribution in [2.75, 3.05) is 0 Å². The standard InChI is InChI=1S/C42H52N2O4/c1-27(2)12-11-13-28(3)33-18-19-34-39(33,4)22-21-35-40(5)23-20-30(48-38(47)29-14-7-6-8-15-29)26-41(40)24-25-42(34,35)44-37(46)32-17-10-9-16-31(32)36(45)43(41)44/h6-10,14-17,24-25,27-28,30,33-35H,11-13,18-23,26H2,1-5H3/t28-,30+,33-,34?,35?,39-,40-,41-,42+/m1/s1/i25D. The minimum atomic E-state index is -0.966. The molecule has 3 aromatic rings. The van der Waals surface area contributed by atoms with Gasteiger partial charge in [0.05, 0.1) is 28.8 Å². The molecule has 3 saturated carbocycles. The number of nitrogens with zero attached hydrogens (tertiary/aromatic N) is 2. The molecule has 0 radical (unpaired) electrons. The minimum absolute atomic E-state index is 0.0228. The molecule has 2 unspecified atom stereocenters. The number of allylic oxidation sites excluding steroid dienone is 2. The first-order valence-electron chi connectivity index (χ1n) is 19.1. The van der Waals surface area contributed by atoms with Crippen molar-refractivity contribution in [3.8, 4) is 0 Å². The van der Waals surface area contributed by atoms with Crippen LogP contribution in [-0.4, -0.2) is 21.4 Å². The molecule has 2 spiro atoms. The van der Waals surface area contributed by atoms with Gasteiger partial charge in [-0.3, -0.25) is 9.59 Å². The van der Waals surface area contributed by atoms with Crippen LogP contribution in [0.15, 0.2) is 76.3 Å². The van der Waals surface area contributed by atoms with Crippen molar-refractivity contribution in [1.82, 2.24) is 9.36 Å². The summed E-state index contributed by atoms with van der Waals surface area (Å²) in [6, 6.07) is 16.8. The normalized spacial score (nSPS) is 37.2. The van der Waals surface area contributed by atoms with E-state index in [2.05, 4.69) is 40.7 Å². The van der Waals surface area contributed by atoms with Gasteiger partial charge >= 0.3 is 5.97 Å². The van der Waals surface area contributed by atoms with Gasteiger partial charge in [-0.05, 0) is 97.8 Å². The Morgan fingerprint density at radius 3 is 2.27 bits per heavy atom. The Bertz CT molecular complexity index is 1960. The van der Waals surface area contributed by atoms with E-state index in [1.165, 1.54) is 19.3 Å². The van der Waals surface area contributed by atoms with Crippen molar-refractivity contribution in [3.63, 3.8) is 0 Å². The molecule has 6 heteroatoms. The molecule has 4 aliphatic carbocycles. The molecule has 9 rings (SSSR count). The Morgan fingerprint density at radius 2 is 1.56 bits per heavy atom. The molecule has 0 saturated heterocycles. The fourth-order valence-corrected chi connectivity index (χ4v) is 12.1. The van der Waals surface area contributed by atoms with Crippen LogP contribution < -0.4 is 11.1 Å². The van der Waals surface area contributed by atoms with Crippen LogP contribution in [0.25, 0.3) is 10.8 Å². The van der Waals surface area contributed by atoms with E-state index in [0.29, 0.717) is 53.0 Å². The third-order valence-electron chi connectivity index (χ3n) is 14.4. The summed E-state index contributed by atoms with van der Waals surface area (Å²) in [4.78, 5) is 43.3. The monoisotopic (exact) mass is 649 g/mol. The number of benzene rings is 2. The van der Waals surface area contributed by atoms with Gasteiger partial charge in [0.15, 0.2) is 0 Å². The minimum Gasteiger partial charge on any atom is -0.459 e. The third kappa shape index (κ3) is 4.13. The molecule has 9 atom stereocenters. The summed E-state index contributed by atoms with van der Waals surface area (Å²) in [6.45, 7) is 11.8. The molecule has 254 valence electrons. The average Bonchev–Trinajstić information content (AvgIpc) is 3.45. The maximum Gasteiger partial charge on any atom is 0.338 e. The van der Waals surface area contributed by atoms with Gasteiger partial charge < -0.3 is 4.74 Å². The zero-order valence-corrected chi connectivity index (χ0v) is 29.3. The highest BCUT2D eigenvalue weighted by Crippen LogP contribution is 2.74. The van der Waals surface area contributed by atoms with Gasteiger partial charge in [-0.15, -0.1) is 0 Å². The number of ether oxygens (including phenoxy) is 1. The predicted molar refractivity (Wildman–Crippen MR) is 190 cm³/mol. The second kappa shape index (κ2) is 11.1. The number of hydrogen-bond acceptors (Lipinski definition) is 4. The number of aromatic nitrogens is 2. The molecule has 3 heterocycles. The van der Waals surface area contributed by atoms with Crippen molar-refractivity contribution < 1.29 is 10.9 Å². The van der Waals surface area contributed by atoms with Gasteiger partial charge in [0.1, 0.15) is 6.10 Å². The average molecular weight is 650 g/mol. The molecule has 48 heavy (non-hydrogen) atoms. The number of hydrogen-bond donors (Lipinski definition) is 0. The van der Waals surface area contributed by atoms with Gasteiger partial charge in [0.2, 0.25) is 0 Å². The molecule has 3 fully saturated rings.